The summed E-state index contributed by atoms with van der Waals surface area (Å²) < 4.78 is 0. The van der Waals surface area contributed by atoms with Crippen LogP contribution in [0.4, 0.5) is 0 Å². The normalized spacial score (nSPS) is 6.55. The zero-order valence-electron chi connectivity index (χ0n) is 7.07. The molecule has 3 nitrogen and oxygen atoms in total. The van der Waals surface area contributed by atoms with Crippen molar-refractivity contribution in [3.8, 4) is 0 Å². The van der Waals surface area contributed by atoms with Crippen molar-refractivity contribution in [2.45, 2.75) is 13.8 Å². The molecule has 0 atom stereocenters. The first-order valence-corrected chi connectivity index (χ1v) is 4.05. The fourth-order valence-corrected chi connectivity index (χ4v) is 0.527. The van der Waals surface area contributed by atoms with E-state index in [0.717, 1.165) is 0 Å². The third kappa shape index (κ3) is 26.9. The number of carbonyl (C=O) groups excluding carboxylic acids is 1. The van der Waals surface area contributed by atoms with E-state index in [9.17, 15) is 4.79 Å². The predicted molar refractivity (Wildman–Crippen MR) is 48.6 cm³/mol. The summed E-state index contributed by atoms with van der Waals surface area (Å²) in [6.45, 7) is 3.06. The van der Waals surface area contributed by atoms with E-state index in [0.29, 0.717) is 0 Å². The Kier molecular flexibility index (Phi) is 14.1. The van der Waals surface area contributed by atoms with Crippen molar-refractivity contribution in [2.75, 3.05) is 7.05 Å². The number of Topliss-reactive ketones (excluding diaryl/α,β-unsaturated/α-hetero) is 1. The molecule has 1 aromatic rings. The minimum atomic E-state index is 0.167. The lowest BCUT2D eigenvalue weighted by Gasteiger charge is -1.56. The number of hydrogen-bond acceptors (Lipinski definition) is 4. The molecule has 0 unspecified atom stereocenters. The average Bonchev–Trinajstić information content (AvgIpc) is 2.44. The molecule has 0 aliphatic heterocycles. The van der Waals surface area contributed by atoms with Crippen molar-refractivity contribution in [3.05, 3.63) is 17.1 Å². The highest BCUT2D eigenvalue weighted by molar-refractivity contribution is 7.07. The highest BCUT2D eigenvalue weighted by Gasteiger charge is 1.62. The second kappa shape index (κ2) is 12.0. The second-order valence-corrected chi connectivity index (χ2v) is 2.34. The molecule has 64 valence electrons. The first-order valence-electron chi connectivity index (χ1n) is 3.10. The monoisotopic (exact) mass is 174 g/mol. The van der Waals surface area contributed by atoms with Crippen LogP contribution in [0.3, 0.4) is 0 Å². The molecule has 0 bridgehead atoms. The molecule has 0 saturated heterocycles. The Labute approximate surface area is 71.3 Å². The van der Waals surface area contributed by atoms with Crippen molar-refractivity contribution < 1.29 is 4.79 Å². The Hall–Kier alpha value is -0.740. The molecule has 1 rings (SSSR count). The summed E-state index contributed by atoms with van der Waals surface area (Å²) in [5, 5.41) is 1.93. The van der Waals surface area contributed by atoms with E-state index in [4.69, 9.17) is 0 Å². The average molecular weight is 174 g/mol. The van der Waals surface area contributed by atoms with Crippen LogP contribution < -0.4 is 5.73 Å². The van der Waals surface area contributed by atoms with Gasteiger partial charge in [0.2, 0.25) is 0 Å². The van der Waals surface area contributed by atoms with Crippen molar-refractivity contribution in [1.29, 1.82) is 0 Å². The summed E-state index contributed by atoms with van der Waals surface area (Å²) in [4.78, 5) is 13.2. The van der Waals surface area contributed by atoms with Crippen LogP contribution >= 0.6 is 11.3 Å². The van der Waals surface area contributed by atoms with Crippen molar-refractivity contribution in [1.82, 2.24) is 4.98 Å². The quantitative estimate of drug-likeness (QED) is 0.645. The lowest BCUT2D eigenvalue weighted by molar-refractivity contribution is -0.114. The smallest absolute Gasteiger partial charge is 0.126 e. The van der Waals surface area contributed by atoms with Gasteiger partial charge < -0.3 is 10.5 Å². The van der Waals surface area contributed by atoms with E-state index >= 15 is 0 Å². The number of nitrogens with two attached hydrogens (primary N) is 1. The fourth-order valence-electron chi connectivity index (χ4n) is 0.176. The fraction of sp³-hybridized carbons (Fsp3) is 0.429. The molecule has 0 saturated carbocycles. The van der Waals surface area contributed by atoms with E-state index in [-0.39, 0.29) is 5.78 Å². The van der Waals surface area contributed by atoms with Gasteiger partial charge in [0.15, 0.2) is 0 Å². The van der Waals surface area contributed by atoms with Crippen LogP contribution in [0.15, 0.2) is 17.1 Å². The van der Waals surface area contributed by atoms with Crippen molar-refractivity contribution >= 4 is 17.1 Å². The van der Waals surface area contributed by atoms with Crippen LogP contribution in [0.5, 0.6) is 0 Å². The van der Waals surface area contributed by atoms with Gasteiger partial charge in [0.1, 0.15) is 5.78 Å². The lowest BCUT2D eigenvalue weighted by atomic mass is 10.6. The molecule has 1 heterocycles. The zero-order chi connectivity index (χ0) is 9.11. The van der Waals surface area contributed by atoms with Gasteiger partial charge in [-0.2, -0.15) is 0 Å². The van der Waals surface area contributed by atoms with E-state index in [1.165, 1.54) is 20.9 Å². The lowest BCUT2D eigenvalue weighted by Crippen LogP contribution is -1.69. The summed E-state index contributed by atoms with van der Waals surface area (Å²) in [5.74, 6) is 0.167. The second-order valence-electron chi connectivity index (χ2n) is 1.58. The topological polar surface area (TPSA) is 56.0 Å². The summed E-state index contributed by atoms with van der Waals surface area (Å²) in [6, 6.07) is 0. The highest BCUT2D eigenvalue weighted by Crippen LogP contribution is 1.85. The maximum absolute atomic E-state index is 9.44. The van der Waals surface area contributed by atoms with Gasteiger partial charge in [-0.15, -0.1) is 11.3 Å². The van der Waals surface area contributed by atoms with Gasteiger partial charge in [-0.1, -0.05) is 0 Å². The molecule has 0 fully saturated rings. The number of rotatable bonds is 0. The predicted octanol–water partition coefficient (Wildman–Crippen LogP) is 1.31. The van der Waals surface area contributed by atoms with Gasteiger partial charge in [-0.3, -0.25) is 4.98 Å². The maximum atomic E-state index is 9.44. The van der Waals surface area contributed by atoms with Gasteiger partial charge in [-0.05, 0) is 20.9 Å². The molecular weight excluding hydrogens is 160 g/mol. The summed E-state index contributed by atoms with van der Waals surface area (Å²) >= 11 is 1.60. The molecule has 0 amide bonds. The van der Waals surface area contributed by atoms with Crippen LogP contribution in [0.25, 0.3) is 0 Å². The third-order valence-electron chi connectivity index (χ3n) is 0.347. The van der Waals surface area contributed by atoms with Gasteiger partial charge in [0, 0.05) is 11.6 Å². The van der Waals surface area contributed by atoms with Crippen molar-refractivity contribution in [2.24, 2.45) is 5.73 Å². The maximum Gasteiger partial charge on any atom is 0.126 e. The SMILES string of the molecule is CC(C)=O.CN.c1cscn1. The van der Waals surface area contributed by atoms with Gasteiger partial charge >= 0.3 is 0 Å². The molecular formula is C7H14N2OS. The molecule has 0 aliphatic rings. The standard InChI is InChI=1S/C3H3NS.C3H6O.CH5N/c1-2-5-3-4-1;1-3(2)4;1-2/h1-3H;1-2H3;2H2,1H3. The largest absolute Gasteiger partial charge is 0.333 e. The van der Waals surface area contributed by atoms with E-state index in [1.807, 2.05) is 5.38 Å². The number of nitrogens with zero attached hydrogens (tertiary/aromatic N) is 1. The van der Waals surface area contributed by atoms with Crippen LogP contribution in [0.1, 0.15) is 13.8 Å². The van der Waals surface area contributed by atoms with Crippen LogP contribution in [0.2, 0.25) is 0 Å². The first kappa shape index (κ1) is 12.9. The van der Waals surface area contributed by atoms with Crippen LogP contribution in [-0.2, 0) is 4.79 Å². The molecule has 0 spiro atoms. The van der Waals surface area contributed by atoms with E-state index in [1.54, 1.807) is 23.0 Å². The number of ketones is 1. The molecule has 0 radical (unpaired) electrons. The van der Waals surface area contributed by atoms with Gasteiger partial charge in [0.05, 0.1) is 5.51 Å². The van der Waals surface area contributed by atoms with Crippen LogP contribution in [0, 0.1) is 0 Å². The number of aromatic nitrogens is 1. The Morgan fingerprint density at radius 1 is 1.45 bits per heavy atom. The van der Waals surface area contributed by atoms with Gasteiger partial charge in [-0.25, -0.2) is 0 Å². The van der Waals surface area contributed by atoms with Crippen LogP contribution in [-0.4, -0.2) is 17.8 Å². The number of carbonyl (C=O) groups is 1. The van der Waals surface area contributed by atoms with E-state index < -0.39 is 0 Å². The number of hydrogen-bond donors (Lipinski definition) is 1. The first-order chi connectivity index (χ1) is 5.23. The Morgan fingerprint density at radius 2 is 1.91 bits per heavy atom. The zero-order valence-corrected chi connectivity index (χ0v) is 7.89. The van der Waals surface area contributed by atoms with Gasteiger partial charge in [0.25, 0.3) is 0 Å². The number of thiazole rings is 1. The molecule has 0 aromatic carbocycles. The Bertz CT molecular complexity index is 130. The summed E-state index contributed by atoms with van der Waals surface area (Å²) in [6.07, 6.45) is 1.77. The molecule has 0 aliphatic carbocycles. The molecule has 2 N–H and O–H groups in total. The third-order valence-corrected chi connectivity index (χ3v) is 0.869. The molecule has 1 aromatic heterocycles. The summed E-state index contributed by atoms with van der Waals surface area (Å²) in [5.41, 5.74) is 6.29. The Balaban J connectivity index is 0. The minimum absolute atomic E-state index is 0.167. The van der Waals surface area contributed by atoms with E-state index in [2.05, 4.69) is 10.7 Å². The minimum Gasteiger partial charge on any atom is -0.333 e. The molecule has 11 heavy (non-hydrogen) atoms. The molecule has 4 heteroatoms. The summed E-state index contributed by atoms with van der Waals surface area (Å²) in [7, 11) is 1.50. The van der Waals surface area contributed by atoms with Crippen molar-refractivity contribution in [3.63, 3.8) is 0 Å². The highest BCUT2D eigenvalue weighted by atomic mass is 32.1. The Morgan fingerprint density at radius 3 is 2.00 bits per heavy atom.